The Labute approximate surface area is 135 Å². The summed E-state index contributed by atoms with van der Waals surface area (Å²) < 4.78 is 11.3. The van der Waals surface area contributed by atoms with Crippen LogP contribution in [0.1, 0.15) is 24.4 Å². The number of nitrogens with zero attached hydrogens (tertiary/aromatic N) is 1. The standard InChI is InChI=1S/C16H21ClN2O3/c1-19-7-9-21-14(10-19)16(20)18-13-6-3-8-22-15-11(13)4-2-5-12(15)17/h2,4-5,13-14H,3,6-10H2,1H3,(H,18,20)/t13-,14+/m1/s1. The molecule has 0 aliphatic carbocycles. The van der Waals surface area contributed by atoms with Gasteiger partial charge in [0.25, 0.3) is 5.91 Å². The van der Waals surface area contributed by atoms with E-state index in [4.69, 9.17) is 21.1 Å². The van der Waals surface area contributed by atoms with Crippen molar-refractivity contribution in [3.8, 4) is 5.75 Å². The molecular weight excluding hydrogens is 304 g/mol. The van der Waals surface area contributed by atoms with E-state index < -0.39 is 6.10 Å². The smallest absolute Gasteiger partial charge is 0.250 e. The molecule has 5 nitrogen and oxygen atoms in total. The van der Waals surface area contributed by atoms with Crippen LogP contribution in [0.15, 0.2) is 18.2 Å². The Morgan fingerprint density at radius 2 is 2.27 bits per heavy atom. The Kier molecular flexibility index (Phi) is 4.86. The average Bonchev–Trinajstić information content (AvgIpc) is 2.71. The lowest BCUT2D eigenvalue weighted by atomic mass is 10.0. The highest BCUT2D eigenvalue weighted by Gasteiger charge is 2.29. The van der Waals surface area contributed by atoms with E-state index in [2.05, 4.69) is 10.2 Å². The molecule has 1 aromatic rings. The Bertz CT molecular complexity index is 552. The summed E-state index contributed by atoms with van der Waals surface area (Å²) in [5.74, 6) is 0.623. The first kappa shape index (κ1) is 15.6. The lowest BCUT2D eigenvalue weighted by Gasteiger charge is -2.30. The fraction of sp³-hybridized carbons (Fsp3) is 0.562. The van der Waals surface area contributed by atoms with Gasteiger partial charge in [0.05, 0.1) is 24.3 Å². The number of benzene rings is 1. The second-order valence-electron chi connectivity index (χ2n) is 5.83. The Balaban J connectivity index is 1.75. The number of fused-ring (bicyclic) bond motifs is 1. The van der Waals surface area contributed by atoms with Crippen molar-refractivity contribution in [3.05, 3.63) is 28.8 Å². The Morgan fingerprint density at radius 1 is 1.41 bits per heavy atom. The van der Waals surface area contributed by atoms with E-state index in [0.717, 1.165) is 24.9 Å². The fourth-order valence-electron chi connectivity index (χ4n) is 2.92. The predicted molar refractivity (Wildman–Crippen MR) is 84.3 cm³/mol. The monoisotopic (exact) mass is 324 g/mol. The Morgan fingerprint density at radius 3 is 3.09 bits per heavy atom. The van der Waals surface area contributed by atoms with Crippen LogP contribution in [-0.4, -0.2) is 50.3 Å². The van der Waals surface area contributed by atoms with Gasteiger partial charge < -0.3 is 19.7 Å². The van der Waals surface area contributed by atoms with Crippen molar-refractivity contribution >= 4 is 17.5 Å². The predicted octanol–water partition coefficient (Wildman–Crippen LogP) is 2.00. The van der Waals surface area contributed by atoms with Crippen molar-refractivity contribution in [1.82, 2.24) is 10.2 Å². The maximum atomic E-state index is 12.5. The molecule has 1 N–H and O–H groups in total. The van der Waals surface area contributed by atoms with Crippen molar-refractivity contribution in [3.63, 3.8) is 0 Å². The summed E-state index contributed by atoms with van der Waals surface area (Å²) in [6, 6.07) is 5.58. The average molecular weight is 325 g/mol. The van der Waals surface area contributed by atoms with Gasteiger partial charge in [-0.1, -0.05) is 23.7 Å². The zero-order chi connectivity index (χ0) is 15.5. The van der Waals surface area contributed by atoms with Gasteiger partial charge in [-0.3, -0.25) is 4.79 Å². The van der Waals surface area contributed by atoms with Crippen LogP contribution in [0.2, 0.25) is 5.02 Å². The molecule has 2 atom stereocenters. The molecule has 3 rings (SSSR count). The van der Waals surface area contributed by atoms with E-state index in [1.54, 1.807) is 0 Å². The Hall–Kier alpha value is -1.30. The molecule has 2 heterocycles. The van der Waals surface area contributed by atoms with Crippen LogP contribution in [0.25, 0.3) is 0 Å². The number of morpholine rings is 1. The number of hydrogen-bond acceptors (Lipinski definition) is 4. The van der Waals surface area contributed by atoms with Gasteiger partial charge in [0.1, 0.15) is 11.9 Å². The van der Waals surface area contributed by atoms with Crippen molar-refractivity contribution in [2.24, 2.45) is 0 Å². The number of carbonyl (C=O) groups excluding carboxylic acids is 1. The number of hydrogen-bond donors (Lipinski definition) is 1. The number of amides is 1. The van der Waals surface area contributed by atoms with Gasteiger partial charge >= 0.3 is 0 Å². The van der Waals surface area contributed by atoms with Crippen LogP contribution in [0.3, 0.4) is 0 Å². The molecule has 0 radical (unpaired) electrons. The van der Waals surface area contributed by atoms with Crippen molar-refractivity contribution in [2.45, 2.75) is 25.0 Å². The summed E-state index contributed by atoms with van der Waals surface area (Å²) in [6.07, 6.45) is 1.30. The van der Waals surface area contributed by atoms with E-state index in [1.165, 1.54) is 0 Å². The zero-order valence-electron chi connectivity index (χ0n) is 12.7. The topological polar surface area (TPSA) is 50.8 Å². The molecule has 6 heteroatoms. The van der Waals surface area contributed by atoms with Gasteiger partial charge in [-0.2, -0.15) is 0 Å². The highest BCUT2D eigenvalue weighted by Crippen LogP contribution is 2.36. The van der Waals surface area contributed by atoms with Gasteiger partial charge in [-0.05, 0) is 26.0 Å². The number of nitrogens with one attached hydrogen (secondary N) is 1. The molecule has 0 bridgehead atoms. The van der Waals surface area contributed by atoms with Gasteiger partial charge in [0, 0.05) is 18.7 Å². The number of rotatable bonds is 2. The van der Waals surface area contributed by atoms with Crippen molar-refractivity contribution in [1.29, 1.82) is 0 Å². The van der Waals surface area contributed by atoms with Gasteiger partial charge in [0.15, 0.2) is 0 Å². The summed E-state index contributed by atoms with van der Waals surface area (Å²) in [6.45, 7) is 2.69. The molecule has 0 unspecified atom stereocenters. The highest BCUT2D eigenvalue weighted by atomic mass is 35.5. The SMILES string of the molecule is CN1CCO[C@H](C(=O)N[C@@H]2CCCOc3c(Cl)cccc32)C1. The van der Waals surface area contributed by atoms with Crippen LogP contribution in [0, 0.1) is 0 Å². The molecular formula is C16H21ClN2O3. The molecule has 1 amide bonds. The minimum Gasteiger partial charge on any atom is -0.492 e. The third-order valence-corrected chi connectivity index (χ3v) is 4.43. The van der Waals surface area contributed by atoms with Crippen LogP contribution in [0.5, 0.6) is 5.75 Å². The first-order chi connectivity index (χ1) is 10.6. The summed E-state index contributed by atoms with van der Waals surface area (Å²) in [4.78, 5) is 14.6. The normalized spacial score (nSPS) is 25.7. The molecule has 2 aliphatic rings. The summed E-state index contributed by atoms with van der Waals surface area (Å²) in [5, 5.41) is 3.69. The van der Waals surface area contributed by atoms with Crippen LogP contribution in [0.4, 0.5) is 0 Å². The number of ether oxygens (including phenoxy) is 2. The highest BCUT2D eigenvalue weighted by molar-refractivity contribution is 6.32. The number of halogens is 1. The number of para-hydroxylation sites is 1. The van der Waals surface area contributed by atoms with Gasteiger partial charge in [-0.25, -0.2) is 0 Å². The van der Waals surface area contributed by atoms with E-state index in [-0.39, 0.29) is 11.9 Å². The van der Waals surface area contributed by atoms with Gasteiger partial charge in [-0.15, -0.1) is 0 Å². The fourth-order valence-corrected chi connectivity index (χ4v) is 3.16. The van der Waals surface area contributed by atoms with Crippen LogP contribution < -0.4 is 10.1 Å². The van der Waals surface area contributed by atoms with Crippen LogP contribution in [-0.2, 0) is 9.53 Å². The summed E-state index contributed by atoms with van der Waals surface area (Å²) in [7, 11) is 2.00. The molecule has 0 spiro atoms. The molecule has 1 aromatic carbocycles. The largest absolute Gasteiger partial charge is 0.492 e. The molecule has 120 valence electrons. The van der Waals surface area contributed by atoms with Gasteiger partial charge in [0.2, 0.25) is 0 Å². The lowest BCUT2D eigenvalue weighted by molar-refractivity contribution is -0.138. The third kappa shape index (κ3) is 3.37. The molecule has 1 fully saturated rings. The van der Waals surface area contributed by atoms with Crippen LogP contribution >= 0.6 is 11.6 Å². The van der Waals surface area contributed by atoms with Crippen molar-refractivity contribution < 1.29 is 14.3 Å². The minimum absolute atomic E-state index is 0.0654. The van der Waals surface area contributed by atoms with E-state index in [0.29, 0.717) is 30.5 Å². The van der Waals surface area contributed by atoms with E-state index in [1.807, 2.05) is 25.2 Å². The first-order valence-corrected chi connectivity index (χ1v) is 8.04. The second kappa shape index (κ2) is 6.86. The maximum absolute atomic E-state index is 12.5. The molecule has 0 saturated carbocycles. The first-order valence-electron chi connectivity index (χ1n) is 7.67. The quantitative estimate of drug-likeness (QED) is 0.904. The maximum Gasteiger partial charge on any atom is 0.250 e. The molecule has 0 aromatic heterocycles. The number of carbonyl (C=O) groups is 1. The summed E-state index contributed by atoms with van der Waals surface area (Å²) >= 11 is 6.22. The second-order valence-corrected chi connectivity index (χ2v) is 6.24. The molecule has 2 aliphatic heterocycles. The van der Waals surface area contributed by atoms with Crippen molar-refractivity contribution in [2.75, 3.05) is 33.4 Å². The summed E-state index contributed by atoms with van der Waals surface area (Å²) in [5.41, 5.74) is 0.947. The number of likely N-dealkylation sites (N-methyl/N-ethyl adjacent to an activating group) is 1. The van der Waals surface area contributed by atoms with E-state index >= 15 is 0 Å². The molecule has 1 saturated heterocycles. The van der Waals surface area contributed by atoms with E-state index in [9.17, 15) is 4.79 Å². The molecule has 22 heavy (non-hydrogen) atoms. The zero-order valence-corrected chi connectivity index (χ0v) is 13.4. The third-order valence-electron chi connectivity index (χ3n) is 4.13. The lowest BCUT2D eigenvalue weighted by Crippen LogP contribution is -2.49. The minimum atomic E-state index is -0.412.